The van der Waals surface area contributed by atoms with Gasteiger partial charge in [-0.25, -0.2) is 5.06 Å². The number of hydrogen-bond donors (Lipinski definition) is 1. The Kier molecular flexibility index (Phi) is 8.14. The molecular weight excluding hydrogens is 312 g/mol. The molecule has 1 saturated heterocycles. The minimum atomic E-state index is -0.128. The Hall–Kier alpha value is -1.51. The molecule has 0 radical (unpaired) electrons. The number of ether oxygens (including phenoxy) is 1. The summed E-state index contributed by atoms with van der Waals surface area (Å²) >= 11 is 0. The van der Waals surface area contributed by atoms with E-state index >= 15 is 0 Å². The van der Waals surface area contributed by atoms with Gasteiger partial charge >= 0.3 is 0 Å². The lowest BCUT2D eigenvalue weighted by atomic mass is 10.0. The van der Waals surface area contributed by atoms with Gasteiger partial charge in [-0.3, -0.25) is 14.9 Å². The Morgan fingerprint density at radius 1 is 1.33 bits per heavy atom. The highest BCUT2D eigenvalue weighted by atomic mass is 16.5. The largest absolute Gasteiger partial charge is 0.425 e. The van der Waals surface area contributed by atoms with Gasteiger partial charge in [-0.2, -0.15) is 0 Å². The predicted octanol–water partition coefficient (Wildman–Crippen LogP) is 1.46. The Morgan fingerprint density at radius 3 is 2.83 bits per heavy atom. The monoisotopic (exact) mass is 340 g/mol. The zero-order chi connectivity index (χ0) is 17.2. The molecule has 0 spiro atoms. The smallest absolute Gasteiger partial charge is 0.233 e. The van der Waals surface area contributed by atoms with Gasteiger partial charge in [-0.15, -0.1) is 10.2 Å². The molecule has 1 aromatic rings. The zero-order valence-electron chi connectivity index (χ0n) is 14.4. The Labute approximate surface area is 142 Å². The van der Waals surface area contributed by atoms with Crippen LogP contribution >= 0.6 is 0 Å². The second-order valence-corrected chi connectivity index (χ2v) is 6.16. The third-order valence-corrected chi connectivity index (χ3v) is 4.26. The summed E-state index contributed by atoms with van der Waals surface area (Å²) < 4.78 is 11.1. The highest BCUT2D eigenvalue weighted by Crippen LogP contribution is 2.22. The van der Waals surface area contributed by atoms with Crippen molar-refractivity contribution in [3.8, 4) is 0 Å². The summed E-state index contributed by atoms with van der Waals surface area (Å²) in [5.41, 5.74) is 0. The van der Waals surface area contributed by atoms with Crippen LogP contribution < -0.4 is 0 Å². The van der Waals surface area contributed by atoms with Crippen molar-refractivity contribution in [2.45, 2.75) is 44.9 Å². The van der Waals surface area contributed by atoms with E-state index in [4.69, 9.17) is 9.15 Å². The number of rotatable bonds is 11. The number of morpholine rings is 1. The van der Waals surface area contributed by atoms with Crippen LogP contribution in [0, 0.1) is 0 Å². The van der Waals surface area contributed by atoms with E-state index in [2.05, 4.69) is 22.0 Å². The molecule has 1 aromatic heterocycles. The van der Waals surface area contributed by atoms with Crippen LogP contribution in [0.1, 0.15) is 50.3 Å². The van der Waals surface area contributed by atoms with Crippen LogP contribution in [0.2, 0.25) is 0 Å². The summed E-state index contributed by atoms with van der Waals surface area (Å²) in [5.74, 6) is 0.980. The molecule has 8 nitrogen and oxygen atoms in total. The van der Waals surface area contributed by atoms with Gasteiger partial charge in [0.2, 0.25) is 18.2 Å². The minimum absolute atomic E-state index is 0.128. The molecule has 2 heterocycles. The van der Waals surface area contributed by atoms with Crippen LogP contribution in [0.4, 0.5) is 0 Å². The molecule has 0 bridgehead atoms. The average Bonchev–Trinajstić information content (AvgIpc) is 3.09. The summed E-state index contributed by atoms with van der Waals surface area (Å²) in [6, 6.07) is 0. The van der Waals surface area contributed by atoms with Crippen LogP contribution in [0.3, 0.4) is 0 Å². The fraction of sp³-hybridized carbons (Fsp3) is 0.812. The molecular formula is C16H28N4O4. The zero-order valence-corrected chi connectivity index (χ0v) is 14.4. The van der Waals surface area contributed by atoms with Crippen molar-refractivity contribution in [2.75, 3.05) is 39.4 Å². The van der Waals surface area contributed by atoms with Crippen molar-refractivity contribution < 1.29 is 19.2 Å². The molecule has 1 amide bonds. The summed E-state index contributed by atoms with van der Waals surface area (Å²) in [6.45, 7) is 6.58. The normalized spacial score (nSPS) is 16.9. The third-order valence-electron chi connectivity index (χ3n) is 4.26. The SMILES string of the molecule is CCCCC[C@H](CN(O)C=O)c1nnc(CCN2CCOCC2)o1. The maximum absolute atomic E-state index is 10.7. The summed E-state index contributed by atoms with van der Waals surface area (Å²) in [5, 5.41) is 18.4. The maximum Gasteiger partial charge on any atom is 0.233 e. The van der Waals surface area contributed by atoms with E-state index in [1.54, 1.807) is 0 Å². The fourth-order valence-corrected chi connectivity index (χ4v) is 2.81. The van der Waals surface area contributed by atoms with Crippen molar-refractivity contribution in [3.63, 3.8) is 0 Å². The average molecular weight is 340 g/mol. The lowest BCUT2D eigenvalue weighted by Gasteiger charge is -2.25. The van der Waals surface area contributed by atoms with Gasteiger partial charge in [0.05, 0.1) is 25.7 Å². The molecule has 0 aromatic carbocycles. The number of hydroxylamine groups is 2. The van der Waals surface area contributed by atoms with Gasteiger partial charge < -0.3 is 9.15 Å². The number of amides is 1. The molecule has 1 N–H and O–H groups in total. The molecule has 0 unspecified atom stereocenters. The first-order chi connectivity index (χ1) is 11.7. The van der Waals surface area contributed by atoms with E-state index in [0.717, 1.165) is 58.5 Å². The first-order valence-corrected chi connectivity index (χ1v) is 8.76. The van der Waals surface area contributed by atoms with Gasteiger partial charge in [-0.1, -0.05) is 26.2 Å². The Balaban J connectivity index is 1.88. The molecule has 1 aliphatic heterocycles. The molecule has 8 heteroatoms. The molecule has 0 saturated carbocycles. The number of aromatic nitrogens is 2. The van der Waals surface area contributed by atoms with Crippen LogP contribution in [0.5, 0.6) is 0 Å². The molecule has 0 aliphatic carbocycles. The maximum atomic E-state index is 10.7. The quantitative estimate of drug-likeness (QED) is 0.282. The molecule has 2 rings (SSSR count). The topological polar surface area (TPSA) is 91.9 Å². The molecule has 1 aliphatic rings. The number of unbranched alkanes of at least 4 members (excludes halogenated alkanes) is 2. The van der Waals surface area contributed by atoms with Crippen LogP contribution in [0.25, 0.3) is 0 Å². The lowest BCUT2D eigenvalue weighted by Crippen LogP contribution is -2.37. The standard InChI is InChI=1S/C16H28N4O4/c1-2-3-4-5-14(12-20(22)13-21)16-18-17-15(24-16)6-7-19-8-10-23-11-9-19/h13-14,22H,2-12H2,1H3/t14-/m1/s1. The molecule has 24 heavy (non-hydrogen) atoms. The second kappa shape index (κ2) is 10.4. The molecule has 1 fully saturated rings. The van der Waals surface area contributed by atoms with Crippen molar-refractivity contribution in [3.05, 3.63) is 11.8 Å². The van der Waals surface area contributed by atoms with E-state index in [9.17, 15) is 10.0 Å². The van der Waals surface area contributed by atoms with Crippen LogP contribution in [-0.4, -0.2) is 71.2 Å². The van der Waals surface area contributed by atoms with Gasteiger partial charge in [-0.05, 0) is 6.42 Å². The van der Waals surface area contributed by atoms with Gasteiger partial charge in [0.1, 0.15) is 0 Å². The summed E-state index contributed by atoms with van der Waals surface area (Å²) in [4.78, 5) is 13.0. The van der Waals surface area contributed by atoms with Crippen LogP contribution in [-0.2, 0) is 16.0 Å². The number of carbonyl (C=O) groups excluding carboxylic acids is 1. The van der Waals surface area contributed by atoms with Crippen molar-refractivity contribution in [1.82, 2.24) is 20.2 Å². The number of hydrogen-bond acceptors (Lipinski definition) is 7. The number of nitrogens with zero attached hydrogens (tertiary/aromatic N) is 4. The highest BCUT2D eigenvalue weighted by Gasteiger charge is 2.21. The van der Waals surface area contributed by atoms with E-state index in [1.807, 2.05) is 0 Å². The second-order valence-electron chi connectivity index (χ2n) is 6.16. The Bertz CT molecular complexity index is 476. The summed E-state index contributed by atoms with van der Waals surface area (Å²) in [6.07, 6.45) is 5.12. The Morgan fingerprint density at radius 2 is 2.12 bits per heavy atom. The highest BCUT2D eigenvalue weighted by molar-refractivity contribution is 5.44. The van der Waals surface area contributed by atoms with Crippen molar-refractivity contribution in [2.24, 2.45) is 0 Å². The molecule has 1 atom stereocenters. The van der Waals surface area contributed by atoms with E-state index in [0.29, 0.717) is 29.7 Å². The lowest BCUT2D eigenvalue weighted by molar-refractivity contribution is -0.151. The molecule has 136 valence electrons. The van der Waals surface area contributed by atoms with Crippen LogP contribution in [0.15, 0.2) is 4.42 Å². The van der Waals surface area contributed by atoms with Crippen molar-refractivity contribution in [1.29, 1.82) is 0 Å². The van der Waals surface area contributed by atoms with Gasteiger partial charge in [0.25, 0.3) is 0 Å². The van der Waals surface area contributed by atoms with Gasteiger partial charge in [0, 0.05) is 26.1 Å². The fourth-order valence-electron chi connectivity index (χ4n) is 2.81. The van der Waals surface area contributed by atoms with Crippen molar-refractivity contribution >= 4 is 6.41 Å². The first kappa shape index (κ1) is 18.8. The van der Waals surface area contributed by atoms with E-state index in [-0.39, 0.29) is 12.5 Å². The predicted molar refractivity (Wildman–Crippen MR) is 86.7 cm³/mol. The third kappa shape index (κ3) is 6.18. The minimum Gasteiger partial charge on any atom is -0.425 e. The summed E-state index contributed by atoms with van der Waals surface area (Å²) in [7, 11) is 0. The van der Waals surface area contributed by atoms with E-state index in [1.165, 1.54) is 0 Å². The number of carbonyl (C=O) groups is 1. The van der Waals surface area contributed by atoms with E-state index < -0.39 is 0 Å². The first-order valence-electron chi connectivity index (χ1n) is 8.76. The van der Waals surface area contributed by atoms with Gasteiger partial charge in [0.15, 0.2) is 0 Å².